The van der Waals surface area contributed by atoms with Crippen LogP contribution in [0, 0.1) is 0 Å². The van der Waals surface area contributed by atoms with Gasteiger partial charge >= 0.3 is 0 Å². The quantitative estimate of drug-likeness (QED) is 0.856. The highest BCUT2D eigenvalue weighted by Gasteiger charge is 2.09. The number of nitrogens with two attached hydrogens (primary N) is 1. The van der Waals surface area contributed by atoms with E-state index >= 15 is 0 Å². The molecule has 2 rings (SSSR count). The summed E-state index contributed by atoms with van der Waals surface area (Å²) < 4.78 is 1.96. The number of nitrogens with zero attached hydrogens (tertiary/aromatic N) is 2. The summed E-state index contributed by atoms with van der Waals surface area (Å²) in [5.41, 5.74) is 8.56. The fourth-order valence-corrected chi connectivity index (χ4v) is 1.91. The van der Waals surface area contributed by atoms with Crippen molar-refractivity contribution in [2.75, 3.05) is 0 Å². The molecule has 90 valence electrons. The van der Waals surface area contributed by atoms with E-state index in [-0.39, 0.29) is 6.04 Å². The third kappa shape index (κ3) is 3.17. The Balaban J connectivity index is 2.01. The predicted octanol–water partition coefficient (Wildman–Crippen LogP) is 2.54. The Bertz CT molecular complexity index is 448. The van der Waals surface area contributed by atoms with E-state index in [4.69, 9.17) is 5.73 Å². The summed E-state index contributed by atoms with van der Waals surface area (Å²) in [6.45, 7) is 3.10. The maximum atomic E-state index is 6.18. The molecule has 0 amide bonds. The van der Waals surface area contributed by atoms with Gasteiger partial charge in [0.25, 0.3) is 0 Å². The second-order valence-electron chi connectivity index (χ2n) is 4.33. The molecular formula is C14H19N3. The summed E-state index contributed by atoms with van der Waals surface area (Å²) >= 11 is 0. The molecule has 3 heteroatoms. The summed E-state index contributed by atoms with van der Waals surface area (Å²) in [6, 6.07) is 10.4. The molecule has 1 aromatic carbocycles. The Morgan fingerprint density at radius 1 is 1.29 bits per heavy atom. The SMILES string of the molecule is CCCn1cc(C(N)Cc2ccccc2)cn1. The van der Waals surface area contributed by atoms with E-state index in [9.17, 15) is 0 Å². The number of aromatic nitrogens is 2. The summed E-state index contributed by atoms with van der Waals surface area (Å²) in [5.74, 6) is 0. The molecule has 2 aromatic rings. The summed E-state index contributed by atoms with van der Waals surface area (Å²) in [4.78, 5) is 0. The highest BCUT2D eigenvalue weighted by atomic mass is 15.3. The minimum absolute atomic E-state index is 0.0306. The molecule has 0 saturated carbocycles. The van der Waals surface area contributed by atoms with Gasteiger partial charge in [0.15, 0.2) is 0 Å². The number of hydrogen-bond acceptors (Lipinski definition) is 2. The van der Waals surface area contributed by atoms with Gasteiger partial charge in [0.05, 0.1) is 6.20 Å². The number of aryl methyl sites for hydroxylation is 1. The van der Waals surface area contributed by atoms with Crippen molar-refractivity contribution in [3.8, 4) is 0 Å². The van der Waals surface area contributed by atoms with E-state index in [1.165, 1.54) is 5.56 Å². The van der Waals surface area contributed by atoms with Crippen molar-refractivity contribution in [2.45, 2.75) is 32.4 Å². The fourth-order valence-electron chi connectivity index (χ4n) is 1.91. The van der Waals surface area contributed by atoms with Crippen molar-refractivity contribution in [3.05, 3.63) is 53.9 Å². The first kappa shape index (κ1) is 11.9. The van der Waals surface area contributed by atoms with Crippen molar-refractivity contribution >= 4 is 0 Å². The van der Waals surface area contributed by atoms with Crippen molar-refractivity contribution in [3.63, 3.8) is 0 Å². The van der Waals surface area contributed by atoms with Crippen LogP contribution in [0.2, 0.25) is 0 Å². The molecular weight excluding hydrogens is 210 g/mol. The molecule has 0 aliphatic heterocycles. The summed E-state index contributed by atoms with van der Waals surface area (Å²) in [6.07, 6.45) is 5.88. The predicted molar refractivity (Wildman–Crippen MR) is 69.6 cm³/mol. The van der Waals surface area contributed by atoms with Crippen LogP contribution in [0.25, 0.3) is 0 Å². The van der Waals surface area contributed by atoms with Crippen LogP contribution in [-0.4, -0.2) is 9.78 Å². The standard InChI is InChI=1S/C14H19N3/c1-2-8-17-11-13(10-16-17)14(15)9-12-6-4-3-5-7-12/h3-7,10-11,14H,2,8-9,15H2,1H3. The van der Waals surface area contributed by atoms with E-state index in [0.717, 1.165) is 24.9 Å². The van der Waals surface area contributed by atoms with Gasteiger partial charge in [-0.1, -0.05) is 37.3 Å². The molecule has 0 radical (unpaired) electrons. The summed E-state index contributed by atoms with van der Waals surface area (Å²) in [5, 5.41) is 4.31. The molecule has 1 unspecified atom stereocenters. The largest absolute Gasteiger partial charge is 0.324 e. The molecule has 0 saturated heterocycles. The van der Waals surface area contributed by atoms with E-state index in [1.807, 2.05) is 29.1 Å². The van der Waals surface area contributed by atoms with Gasteiger partial charge in [0.2, 0.25) is 0 Å². The van der Waals surface area contributed by atoms with Crippen molar-refractivity contribution < 1.29 is 0 Å². The first-order valence-electron chi connectivity index (χ1n) is 6.11. The van der Waals surface area contributed by atoms with Crippen LogP contribution in [0.3, 0.4) is 0 Å². The topological polar surface area (TPSA) is 43.8 Å². The lowest BCUT2D eigenvalue weighted by molar-refractivity contribution is 0.601. The minimum Gasteiger partial charge on any atom is -0.324 e. The zero-order chi connectivity index (χ0) is 12.1. The van der Waals surface area contributed by atoms with Gasteiger partial charge < -0.3 is 5.73 Å². The van der Waals surface area contributed by atoms with E-state index < -0.39 is 0 Å². The highest BCUT2D eigenvalue weighted by Crippen LogP contribution is 2.15. The van der Waals surface area contributed by atoms with Crippen molar-refractivity contribution in [1.29, 1.82) is 0 Å². The molecule has 1 heterocycles. The molecule has 1 atom stereocenters. The molecule has 2 N–H and O–H groups in total. The molecule has 0 fully saturated rings. The Labute approximate surface area is 102 Å². The molecule has 3 nitrogen and oxygen atoms in total. The monoisotopic (exact) mass is 229 g/mol. The van der Waals surface area contributed by atoms with Gasteiger partial charge in [-0.3, -0.25) is 4.68 Å². The van der Waals surface area contributed by atoms with Gasteiger partial charge in [-0.2, -0.15) is 5.10 Å². The Hall–Kier alpha value is -1.61. The van der Waals surface area contributed by atoms with Gasteiger partial charge in [0, 0.05) is 24.3 Å². The van der Waals surface area contributed by atoms with Crippen LogP contribution in [0.5, 0.6) is 0 Å². The minimum atomic E-state index is 0.0306. The van der Waals surface area contributed by atoms with Gasteiger partial charge in [-0.05, 0) is 18.4 Å². The summed E-state index contributed by atoms with van der Waals surface area (Å²) in [7, 11) is 0. The van der Waals surface area contributed by atoms with E-state index in [0.29, 0.717) is 0 Å². The maximum Gasteiger partial charge on any atom is 0.0537 e. The lowest BCUT2D eigenvalue weighted by Crippen LogP contribution is -2.12. The average molecular weight is 229 g/mol. The molecule has 0 spiro atoms. The molecule has 1 aromatic heterocycles. The smallest absolute Gasteiger partial charge is 0.0537 e. The average Bonchev–Trinajstić information content (AvgIpc) is 2.79. The van der Waals surface area contributed by atoms with Gasteiger partial charge in [-0.25, -0.2) is 0 Å². The van der Waals surface area contributed by atoms with Crippen LogP contribution in [0.15, 0.2) is 42.7 Å². The number of benzene rings is 1. The normalized spacial score (nSPS) is 12.6. The third-order valence-corrected chi connectivity index (χ3v) is 2.83. The van der Waals surface area contributed by atoms with Crippen molar-refractivity contribution in [1.82, 2.24) is 9.78 Å². The maximum absolute atomic E-state index is 6.18. The Morgan fingerprint density at radius 3 is 2.76 bits per heavy atom. The second kappa shape index (κ2) is 5.64. The van der Waals surface area contributed by atoms with E-state index in [2.05, 4.69) is 30.4 Å². The van der Waals surface area contributed by atoms with Crippen LogP contribution in [-0.2, 0) is 13.0 Å². The van der Waals surface area contributed by atoms with Gasteiger partial charge in [-0.15, -0.1) is 0 Å². The second-order valence-corrected chi connectivity index (χ2v) is 4.33. The lowest BCUT2D eigenvalue weighted by atomic mass is 10.0. The zero-order valence-corrected chi connectivity index (χ0v) is 10.2. The first-order chi connectivity index (χ1) is 8.29. The van der Waals surface area contributed by atoms with Crippen molar-refractivity contribution in [2.24, 2.45) is 5.73 Å². The molecule has 0 bridgehead atoms. The number of hydrogen-bond donors (Lipinski definition) is 1. The fraction of sp³-hybridized carbons (Fsp3) is 0.357. The zero-order valence-electron chi connectivity index (χ0n) is 10.2. The first-order valence-corrected chi connectivity index (χ1v) is 6.11. The third-order valence-electron chi connectivity index (χ3n) is 2.83. The van der Waals surface area contributed by atoms with Crippen LogP contribution >= 0.6 is 0 Å². The Kier molecular flexibility index (Phi) is 3.94. The molecule has 0 aliphatic rings. The van der Waals surface area contributed by atoms with Crippen LogP contribution in [0.4, 0.5) is 0 Å². The molecule has 17 heavy (non-hydrogen) atoms. The van der Waals surface area contributed by atoms with Crippen LogP contribution < -0.4 is 5.73 Å². The van der Waals surface area contributed by atoms with Gasteiger partial charge in [0.1, 0.15) is 0 Å². The molecule has 0 aliphatic carbocycles. The van der Waals surface area contributed by atoms with Crippen LogP contribution in [0.1, 0.15) is 30.5 Å². The number of rotatable bonds is 5. The Morgan fingerprint density at radius 2 is 2.06 bits per heavy atom. The highest BCUT2D eigenvalue weighted by molar-refractivity contribution is 5.19. The lowest BCUT2D eigenvalue weighted by Gasteiger charge is -2.09. The van der Waals surface area contributed by atoms with E-state index in [1.54, 1.807) is 0 Å².